The Kier molecular flexibility index (Phi) is 13.7. The van der Waals surface area contributed by atoms with Gasteiger partial charge in [0, 0.05) is 6.54 Å². The van der Waals surface area contributed by atoms with Crippen LogP contribution in [0.4, 0.5) is 0 Å². The highest BCUT2D eigenvalue weighted by Gasteiger charge is 2.19. The molecule has 1 saturated carbocycles. The van der Waals surface area contributed by atoms with Crippen molar-refractivity contribution in [2.75, 3.05) is 13.1 Å². The standard InChI is InChI=1S/C17H29N.2C2H6/c1-3-15-8-10-16(11-9-15)12-18-13-17-7-5-4-6-14(17)2;2*1-2/h6-7,15-16,18H,3-5,8-13H2,1-2H3;2*1-2H3. The SMILES string of the molecule is CC.CC.CCC1CCC(CNCC2=CCCC=C2C)CC1. The van der Waals surface area contributed by atoms with E-state index in [-0.39, 0.29) is 0 Å². The lowest BCUT2D eigenvalue weighted by molar-refractivity contribution is 0.264. The Labute approximate surface area is 140 Å². The molecule has 1 N–H and O–H groups in total. The van der Waals surface area contributed by atoms with Crippen LogP contribution in [0.5, 0.6) is 0 Å². The highest BCUT2D eigenvalue weighted by molar-refractivity contribution is 5.32. The number of allylic oxidation sites excluding steroid dienone is 2. The summed E-state index contributed by atoms with van der Waals surface area (Å²) < 4.78 is 0. The van der Waals surface area contributed by atoms with Crippen LogP contribution in [0.2, 0.25) is 0 Å². The Morgan fingerprint density at radius 2 is 1.45 bits per heavy atom. The van der Waals surface area contributed by atoms with Crippen LogP contribution in [0.3, 0.4) is 0 Å². The van der Waals surface area contributed by atoms with Gasteiger partial charge in [-0.1, -0.05) is 71.6 Å². The minimum Gasteiger partial charge on any atom is -0.312 e. The van der Waals surface area contributed by atoms with Gasteiger partial charge in [-0.05, 0) is 56.6 Å². The molecular weight excluding hydrogens is 266 g/mol. The second kappa shape index (κ2) is 14.1. The zero-order chi connectivity index (χ0) is 16.8. The van der Waals surface area contributed by atoms with E-state index in [0.717, 1.165) is 18.4 Å². The molecule has 0 bridgehead atoms. The highest BCUT2D eigenvalue weighted by atomic mass is 14.9. The fraction of sp³-hybridized carbons (Fsp3) is 0.810. The van der Waals surface area contributed by atoms with Crippen molar-refractivity contribution in [3.8, 4) is 0 Å². The summed E-state index contributed by atoms with van der Waals surface area (Å²) in [5, 5.41) is 3.68. The maximum absolute atomic E-state index is 3.68. The molecule has 1 nitrogen and oxygen atoms in total. The van der Waals surface area contributed by atoms with Crippen LogP contribution in [-0.4, -0.2) is 13.1 Å². The monoisotopic (exact) mass is 307 g/mol. The van der Waals surface area contributed by atoms with E-state index in [4.69, 9.17) is 0 Å². The smallest absolute Gasteiger partial charge is 0.0204 e. The first kappa shape index (κ1) is 21.4. The van der Waals surface area contributed by atoms with E-state index in [1.54, 1.807) is 0 Å². The van der Waals surface area contributed by atoms with Crippen molar-refractivity contribution in [1.29, 1.82) is 0 Å². The van der Waals surface area contributed by atoms with E-state index in [9.17, 15) is 0 Å². The van der Waals surface area contributed by atoms with Crippen molar-refractivity contribution >= 4 is 0 Å². The summed E-state index contributed by atoms with van der Waals surface area (Å²) in [6.45, 7) is 14.9. The number of rotatable bonds is 5. The van der Waals surface area contributed by atoms with Crippen LogP contribution >= 0.6 is 0 Å². The highest BCUT2D eigenvalue weighted by Crippen LogP contribution is 2.30. The average Bonchev–Trinajstić information content (AvgIpc) is 2.61. The lowest BCUT2D eigenvalue weighted by Crippen LogP contribution is -2.28. The van der Waals surface area contributed by atoms with Gasteiger partial charge in [-0.15, -0.1) is 0 Å². The van der Waals surface area contributed by atoms with E-state index < -0.39 is 0 Å². The Bertz CT molecular complexity index is 306. The van der Waals surface area contributed by atoms with Crippen LogP contribution in [0.15, 0.2) is 23.3 Å². The van der Waals surface area contributed by atoms with E-state index >= 15 is 0 Å². The van der Waals surface area contributed by atoms with Crippen molar-refractivity contribution in [2.24, 2.45) is 11.8 Å². The third-order valence-electron chi connectivity index (χ3n) is 4.81. The van der Waals surface area contributed by atoms with Crippen molar-refractivity contribution in [1.82, 2.24) is 5.32 Å². The molecule has 2 aliphatic rings. The molecule has 0 aliphatic heterocycles. The molecule has 130 valence electrons. The maximum atomic E-state index is 3.68. The second-order valence-corrected chi connectivity index (χ2v) is 6.12. The van der Waals surface area contributed by atoms with Gasteiger partial charge in [0.2, 0.25) is 0 Å². The largest absolute Gasteiger partial charge is 0.312 e. The molecule has 1 heteroatoms. The Balaban J connectivity index is 0.00000102. The normalized spacial score (nSPS) is 24.1. The summed E-state index contributed by atoms with van der Waals surface area (Å²) >= 11 is 0. The minimum atomic E-state index is 0.932. The van der Waals surface area contributed by atoms with Gasteiger partial charge in [0.1, 0.15) is 0 Å². The van der Waals surface area contributed by atoms with Crippen molar-refractivity contribution in [3.63, 3.8) is 0 Å². The molecule has 0 aromatic rings. The fourth-order valence-corrected chi connectivity index (χ4v) is 3.32. The molecule has 2 rings (SSSR count). The van der Waals surface area contributed by atoms with Gasteiger partial charge < -0.3 is 5.32 Å². The molecule has 2 aliphatic carbocycles. The molecule has 0 unspecified atom stereocenters. The molecule has 0 spiro atoms. The molecule has 22 heavy (non-hydrogen) atoms. The van der Waals surface area contributed by atoms with E-state index in [1.165, 1.54) is 62.6 Å². The molecule has 0 radical (unpaired) electrons. The summed E-state index contributed by atoms with van der Waals surface area (Å²) in [7, 11) is 0. The Morgan fingerprint density at radius 1 is 0.909 bits per heavy atom. The Hall–Kier alpha value is -0.560. The topological polar surface area (TPSA) is 12.0 Å². The maximum Gasteiger partial charge on any atom is 0.0204 e. The quantitative estimate of drug-likeness (QED) is 0.610. The van der Waals surface area contributed by atoms with Crippen LogP contribution in [0.25, 0.3) is 0 Å². The van der Waals surface area contributed by atoms with Gasteiger partial charge in [0.05, 0.1) is 0 Å². The van der Waals surface area contributed by atoms with Crippen LogP contribution in [-0.2, 0) is 0 Å². The fourth-order valence-electron chi connectivity index (χ4n) is 3.32. The van der Waals surface area contributed by atoms with Gasteiger partial charge in [-0.25, -0.2) is 0 Å². The van der Waals surface area contributed by atoms with E-state index in [0.29, 0.717) is 0 Å². The second-order valence-electron chi connectivity index (χ2n) is 6.12. The summed E-state index contributed by atoms with van der Waals surface area (Å²) in [5.41, 5.74) is 3.02. The summed E-state index contributed by atoms with van der Waals surface area (Å²) in [6, 6.07) is 0. The lowest BCUT2D eigenvalue weighted by atomic mass is 9.81. The Morgan fingerprint density at radius 3 is 2.00 bits per heavy atom. The first-order chi connectivity index (χ1) is 10.8. The van der Waals surface area contributed by atoms with Crippen molar-refractivity contribution in [2.45, 2.75) is 86.5 Å². The van der Waals surface area contributed by atoms with Gasteiger partial charge in [0.15, 0.2) is 0 Å². The van der Waals surface area contributed by atoms with Crippen molar-refractivity contribution in [3.05, 3.63) is 23.3 Å². The molecular formula is C21H41N. The van der Waals surface area contributed by atoms with Gasteiger partial charge in [0.25, 0.3) is 0 Å². The summed E-state index contributed by atoms with van der Waals surface area (Å²) in [4.78, 5) is 0. The predicted molar refractivity (Wildman–Crippen MR) is 102 cm³/mol. The van der Waals surface area contributed by atoms with E-state index in [2.05, 4.69) is 31.3 Å². The third kappa shape index (κ3) is 8.17. The van der Waals surface area contributed by atoms with Gasteiger partial charge in [-0.2, -0.15) is 0 Å². The molecule has 0 saturated heterocycles. The molecule has 0 aromatic carbocycles. The van der Waals surface area contributed by atoms with Crippen LogP contribution in [0, 0.1) is 11.8 Å². The molecule has 0 heterocycles. The zero-order valence-electron chi connectivity index (χ0n) is 16.2. The van der Waals surface area contributed by atoms with Gasteiger partial charge >= 0.3 is 0 Å². The number of hydrogen-bond acceptors (Lipinski definition) is 1. The van der Waals surface area contributed by atoms with Crippen molar-refractivity contribution < 1.29 is 0 Å². The zero-order valence-corrected chi connectivity index (χ0v) is 16.2. The predicted octanol–water partition coefficient (Wildman–Crippen LogP) is 6.51. The molecule has 0 amide bonds. The van der Waals surface area contributed by atoms with Crippen LogP contribution in [0.1, 0.15) is 86.5 Å². The first-order valence-electron chi connectivity index (χ1n) is 9.86. The number of hydrogen-bond donors (Lipinski definition) is 1. The molecule has 1 fully saturated rings. The van der Waals surface area contributed by atoms with E-state index in [1.807, 2.05) is 27.7 Å². The molecule has 0 aromatic heterocycles. The summed E-state index contributed by atoms with van der Waals surface area (Å²) in [6.07, 6.45) is 14.5. The third-order valence-corrected chi connectivity index (χ3v) is 4.81. The molecule has 0 atom stereocenters. The minimum absolute atomic E-state index is 0.932. The van der Waals surface area contributed by atoms with Crippen LogP contribution < -0.4 is 5.32 Å². The number of nitrogens with one attached hydrogen (secondary N) is 1. The first-order valence-corrected chi connectivity index (χ1v) is 9.86. The van der Waals surface area contributed by atoms with Gasteiger partial charge in [-0.3, -0.25) is 0 Å². The summed E-state index contributed by atoms with van der Waals surface area (Å²) in [5.74, 6) is 1.95. The average molecular weight is 308 g/mol. The lowest BCUT2D eigenvalue weighted by Gasteiger charge is -2.28.